The minimum atomic E-state index is -0.735. The molecular formula is C21H15N5O4S. The molecule has 0 aliphatic rings. The lowest BCUT2D eigenvalue weighted by molar-refractivity contribution is -0.384. The zero-order valence-electron chi connectivity index (χ0n) is 15.9. The van der Waals surface area contributed by atoms with Gasteiger partial charge in [-0.1, -0.05) is 18.2 Å². The Hall–Kier alpha value is -4.31. The van der Waals surface area contributed by atoms with Gasteiger partial charge in [-0.25, -0.2) is 14.8 Å². The molecule has 1 amide bonds. The van der Waals surface area contributed by atoms with Gasteiger partial charge in [0.1, 0.15) is 10.8 Å². The Morgan fingerprint density at radius 1 is 0.935 bits per heavy atom. The summed E-state index contributed by atoms with van der Waals surface area (Å²) in [6, 6.07) is 19.6. The predicted octanol–water partition coefficient (Wildman–Crippen LogP) is 5.21. The number of hydrogen-bond donors (Lipinski definition) is 0. The van der Waals surface area contributed by atoms with Crippen molar-refractivity contribution in [2.24, 2.45) is 0 Å². The smallest absolute Gasteiger partial charge is 0.409 e. The van der Waals surface area contributed by atoms with Gasteiger partial charge in [-0.05, 0) is 47.8 Å². The third-order valence-corrected chi connectivity index (χ3v) is 4.93. The molecule has 0 saturated carbocycles. The Balaban J connectivity index is 1.74. The highest BCUT2D eigenvalue weighted by Crippen LogP contribution is 2.32. The van der Waals surface area contributed by atoms with Crippen molar-refractivity contribution in [3.8, 4) is 5.75 Å². The monoisotopic (exact) mass is 433 g/mol. The normalized spacial score (nSPS) is 10.3. The molecule has 0 N–H and O–H groups in total. The van der Waals surface area contributed by atoms with Gasteiger partial charge in [-0.3, -0.25) is 10.1 Å². The number of carbonyl (C=O) groups excluding carboxylic acids is 1. The van der Waals surface area contributed by atoms with Crippen LogP contribution in [0.1, 0.15) is 0 Å². The lowest BCUT2D eigenvalue weighted by atomic mass is 10.3. The van der Waals surface area contributed by atoms with Crippen LogP contribution in [0.2, 0.25) is 0 Å². The molecule has 0 spiro atoms. The largest absolute Gasteiger partial charge is 0.439 e. The van der Waals surface area contributed by atoms with E-state index >= 15 is 0 Å². The molecule has 2 aromatic carbocycles. The van der Waals surface area contributed by atoms with E-state index in [2.05, 4.69) is 9.97 Å². The highest BCUT2D eigenvalue weighted by Gasteiger charge is 2.30. The SMILES string of the molecule is O=C(Oc1ccc([N+](=O)[O-])cc1)N(c1ccccc1)N(c1ncccn1)c1cccs1. The lowest BCUT2D eigenvalue weighted by Crippen LogP contribution is -2.46. The van der Waals surface area contributed by atoms with Crippen LogP contribution < -0.4 is 14.8 Å². The first kappa shape index (κ1) is 20.0. The maximum absolute atomic E-state index is 13.3. The Kier molecular flexibility index (Phi) is 5.81. The lowest BCUT2D eigenvalue weighted by Gasteiger charge is -2.32. The molecule has 2 aromatic heterocycles. The molecule has 10 heteroatoms. The first-order chi connectivity index (χ1) is 15.1. The van der Waals surface area contributed by atoms with Crippen LogP contribution in [0.3, 0.4) is 0 Å². The number of anilines is 3. The zero-order valence-corrected chi connectivity index (χ0v) is 16.8. The first-order valence-electron chi connectivity index (χ1n) is 9.05. The Bertz CT molecular complexity index is 1160. The number of nitro benzene ring substituents is 1. The van der Waals surface area contributed by atoms with Crippen molar-refractivity contribution in [1.29, 1.82) is 0 Å². The number of hydrogen-bond acceptors (Lipinski definition) is 8. The average Bonchev–Trinajstić information content (AvgIpc) is 3.33. The number of aromatic nitrogens is 2. The summed E-state index contributed by atoms with van der Waals surface area (Å²) >= 11 is 1.40. The summed E-state index contributed by atoms with van der Waals surface area (Å²) in [5.41, 5.74) is 0.424. The first-order valence-corrected chi connectivity index (χ1v) is 9.93. The molecule has 0 unspecified atom stereocenters. The molecule has 0 atom stereocenters. The summed E-state index contributed by atoms with van der Waals surface area (Å²) in [5, 5.41) is 16.3. The summed E-state index contributed by atoms with van der Waals surface area (Å²) in [6.45, 7) is 0. The summed E-state index contributed by atoms with van der Waals surface area (Å²) in [7, 11) is 0. The number of nitrogens with zero attached hydrogens (tertiary/aromatic N) is 5. The van der Waals surface area contributed by atoms with Crippen LogP contribution in [0.15, 0.2) is 90.6 Å². The van der Waals surface area contributed by atoms with Crippen LogP contribution in [-0.2, 0) is 0 Å². The van der Waals surface area contributed by atoms with E-state index in [9.17, 15) is 14.9 Å². The van der Waals surface area contributed by atoms with E-state index in [0.29, 0.717) is 10.7 Å². The van der Waals surface area contributed by atoms with Crippen molar-refractivity contribution in [3.63, 3.8) is 0 Å². The minimum absolute atomic E-state index is 0.0994. The van der Waals surface area contributed by atoms with E-state index in [0.717, 1.165) is 0 Å². The molecular weight excluding hydrogens is 418 g/mol. The number of amides is 1. The fourth-order valence-electron chi connectivity index (χ4n) is 2.73. The molecule has 0 radical (unpaired) electrons. The zero-order chi connectivity index (χ0) is 21.6. The molecule has 0 saturated heterocycles. The number of carbonyl (C=O) groups is 1. The van der Waals surface area contributed by atoms with E-state index in [1.807, 2.05) is 23.6 Å². The van der Waals surface area contributed by atoms with Gasteiger partial charge in [0, 0.05) is 24.5 Å². The Labute approximate surface area is 180 Å². The molecule has 4 rings (SSSR count). The molecule has 9 nitrogen and oxygen atoms in total. The number of hydrazine groups is 1. The van der Waals surface area contributed by atoms with Gasteiger partial charge >= 0.3 is 6.09 Å². The maximum atomic E-state index is 13.3. The second-order valence-electron chi connectivity index (χ2n) is 6.08. The van der Waals surface area contributed by atoms with Crippen molar-refractivity contribution in [3.05, 3.63) is 101 Å². The van der Waals surface area contributed by atoms with Gasteiger partial charge in [-0.15, -0.1) is 11.3 Å². The second-order valence-corrected chi connectivity index (χ2v) is 7.00. The Morgan fingerprint density at radius 3 is 2.26 bits per heavy atom. The van der Waals surface area contributed by atoms with Crippen molar-refractivity contribution < 1.29 is 14.5 Å². The van der Waals surface area contributed by atoms with Gasteiger partial charge in [0.05, 0.1) is 10.6 Å². The van der Waals surface area contributed by atoms with E-state index < -0.39 is 11.0 Å². The average molecular weight is 433 g/mol. The highest BCUT2D eigenvalue weighted by molar-refractivity contribution is 7.14. The van der Waals surface area contributed by atoms with Gasteiger partial charge in [-0.2, -0.15) is 10.0 Å². The summed E-state index contributed by atoms with van der Waals surface area (Å²) < 4.78 is 5.54. The predicted molar refractivity (Wildman–Crippen MR) is 117 cm³/mol. The van der Waals surface area contributed by atoms with E-state index in [4.69, 9.17) is 4.74 Å². The molecule has 0 aliphatic heterocycles. The van der Waals surface area contributed by atoms with Gasteiger partial charge in [0.15, 0.2) is 0 Å². The number of thiophene rings is 1. The van der Waals surface area contributed by atoms with Crippen LogP contribution in [0.25, 0.3) is 0 Å². The van der Waals surface area contributed by atoms with Crippen molar-refractivity contribution in [2.45, 2.75) is 0 Å². The van der Waals surface area contributed by atoms with Crippen molar-refractivity contribution in [1.82, 2.24) is 9.97 Å². The Morgan fingerprint density at radius 2 is 1.65 bits per heavy atom. The third kappa shape index (κ3) is 4.49. The standard InChI is InChI=1S/C21H15N5O4S/c27-21(30-18-11-9-17(10-12-18)26(28)29)24(16-6-2-1-3-7-16)25(19-8-4-15-31-19)20-22-13-5-14-23-20/h1-15H. The highest BCUT2D eigenvalue weighted by atomic mass is 32.1. The van der Waals surface area contributed by atoms with E-state index in [-0.39, 0.29) is 17.4 Å². The van der Waals surface area contributed by atoms with Crippen LogP contribution in [-0.4, -0.2) is 21.0 Å². The second kappa shape index (κ2) is 9.01. The topological polar surface area (TPSA) is 102 Å². The van der Waals surface area contributed by atoms with E-state index in [1.54, 1.807) is 47.7 Å². The molecule has 2 heterocycles. The van der Waals surface area contributed by atoms with Crippen LogP contribution >= 0.6 is 11.3 Å². The summed E-state index contributed by atoms with van der Waals surface area (Å²) in [4.78, 5) is 32.3. The number of benzene rings is 2. The fourth-order valence-corrected chi connectivity index (χ4v) is 3.45. The van der Waals surface area contributed by atoms with Crippen LogP contribution in [0.4, 0.5) is 27.1 Å². The van der Waals surface area contributed by atoms with Gasteiger partial charge in [0.25, 0.3) is 11.6 Å². The quantitative estimate of drug-likeness (QED) is 0.304. The summed E-state index contributed by atoms with van der Waals surface area (Å²) in [5.74, 6) is 0.436. The molecule has 0 bridgehead atoms. The van der Waals surface area contributed by atoms with Crippen LogP contribution in [0, 0.1) is 10.1 Å². The molecule has 0 fully saturated rings. The van der Waals surface area contributed by atoms with Crippen LogP contribution in [0.5, 0.6) is 5.75 Å². The molecule has 0 aliphatic carbocycles. The van der Waals surface area contributed by atoms with E-state index in [1.165, 1.54) is 40.6 Å². The van der Waals surface area contributed by atoms with Gasteiger partial charge in [0.2, 0.25) is 0 Å². The number of rotatable bonds is 6. The third-order valence-electron chi connectivity index (χ3n) is 4.08. The van der Waals surface area contributed by atoms with Gasteiger partial charge < -0.3 is 4.74 Å². The number of para-hydroxylation sites is 1. The number of non-ortho nitro benzene ring substituents is 1. The fraction of sp³-hybridized carbons (Fsp3) is 0. The molecule has 31 heavy (non-hydrogen) atoms. The maximum Gasteiger partial charge on any atom is 0.439 e. The number of nitro groups is 1. The molecule has 154 valence electrons. The molecule has 4 aromatic rings. The summed E-state index contributed by atoms with van der Waals surface area (Å²) in [6.07, 6.45) is 2.42. The van der Waals surface area contributed by atoms with Crippen molar-refractivity contribution in [2.75, 3.05) is 10.0 Å². The number of ether oxygens (including phenoxy) is 1. The van der Waals surface area contributed by atoms with Crippen molar-refractivity contribution >= 4 is 39.8 Å². The minimum Gasteiger partial charge on any atom is -0.409 e.